The lowest BCUT2D eigenvalue weighted by Crippen LogP contribution is -2.16. The first-order chi connectivity index (χ1) is 7.15. The van der Waals surface area contributed by atoms with E-state index in [4.69, 9.17) is 0 Å². The Morgan fingerprint density at radius 1 is 1.60 bits per heavy atom. The zero-order chi connectivity index (χ0) is 11.0. The Kier molecular flexibility index (Phi) is 2.56. The number of fused-ring (bicyclic) bond motifs is 1. The lowest BCUT2D eigenvalue weighted by Gasteiger charge is -2.06. The fourth-order valence-corrected chi connectivity index (χ4v) is 2.20. The lowest BCUT2D eigenvalue weighted by atomic mass is 9.97. The summed E-state index contributed by atoms with van der Waals surface area (Å²) in [5.74, 6) is -1.76. The highest BCUT2D eigenvalue weighted by Gasteiger charge is 2.32. The van der Waals surface area contributed by atoms with Crippen molar-refractivity contribution >= 4 is 33.7 Å². The van der Waals surface area contributed by atoms with Crippen LogP contribution in [-0.2, 0) is 9.59 Å². The maximum absolute atomic E-state index is 13.5. The van der Waals surface area contributed by atoms with Crippen molar-refractivity contribution in [3.8, 4) is 0 Å². The number of ketones is 1. The molecule has 5 heteroatoms. The standard InChI is InChI=1S/C10H7BrFNO2/c11-6-1-2-7(12)9-5(8(15)4-14)3-13-10(6)9/h1-2,4-5,13H,3H2. The van der Waals surface area contributed by atoms with Crippen molar-refractivity contribution < 1.29 is 14.0 Å². The predicted octanol–water partition coefficient (Wildman–Crippen LogP) is 1.87. The Bertz CT molecular complexity index is 447. The van der Waals surface area contributed by atoms with Crippen molar-refractivity contribution in [1.82, 2.24) is 0 Å². The maximum Gasteiger partial charge on any atom is 0.204 e. The van der Waals surface area contributed by atoms with Crippen LogP contribution in [0.15, 0.2) is 16.6 Å². The number of nitrogens with one attached hydrogen (secondary N) is 1. The highest BCUT2D eigenvalue weighted by Crippen LogP contribution is 2.38. The summed E-state index contributed by atoms with van der Waals surface area (Å²) in [6, 6.07) is 2.84. The van der Waals surface area contributed by atoms with Gasteiger partial charge in [0.15, 0.2) is 6.29 Å². The minimum absolute atomic E-state index is 0.238. The van der Waals surface area contributed by atoms with Crippen LogP contribution >= 0.6 is 15.9 Å². The first-order valence-corrected chi connectivity index (χ1v) is 5.15. The third kappa shape index (κ3) is 1.56. The maximum atomic E-state index is 13.5. The van der Waals surface area contributed by atoms with Gasteiger partial charge in [-0.1, -0.05) is 0 Å². The van der Waals surface area contributed by atoms with E-state index in [0.717, 1.165) is 0 Å². The van der Waals surface area contributed by atoms with Gasteiger partial charge in [0, 0.05) is 16.6 Å². The first-order valence-electron chi connectivity index (χ1n) is 4.36. The summed E-state index contributed by atoms with van der Waals surface area (Å²) in [5.41, 5.74) is 0.844. The number of hydrogen-bond donors (Lipinski definition) is 1. The summed E-state index contributed by atoms with van der Waals surface area (Å²) in [6.07, 6.45) is 0.238. The fourth-order valence-electron chi connectivity index (χ4n) is 1.72. The van der Waals surface area contributed by atoms with Crippen LogP contribution in [0.5, 0.6) is 0 Å². The minimum Gasteiger partial charge on any atom is -0.383 e. The topological polar surface area (TPSA) is 46.2 Å². The summed E-state index contributed by atoms with van der Waals surface area (Å²) in [7, 11) is 0. The number of aldehydes is 1. The highest BCUT2D eigenvalue weighted by molar-refractivity contribution is 9.10. The number of benzene rings is 1. The van der Waals surface area contributed by atoms with E-state index in [1.54, 1.807) is 6.07 Å². The highest BCUT2D eigenvalue weighted by atomic mass is 79.9. The number of rotatable bonds is 2. The van der Waals surface area contributed by atoms with E-state index >= 15 is 0 Å². The molecule has 0 aromatic heterocycles. The van der Waals surface area contributed by atoms with Crippen LogP contribution in [0.1, 0.15) is 11.5 Å². The van der Waals surface area contributed by atoms with E-state index in [1.165, 1.54) is 6.07 Å². The van der Waals surface area contributed by atoms with E-state index in [9.17, 15) is 14.0 Å². The number of hydrogen-bond acceptors (Lipinski definition) is 3. The lowest BCUT2D eigenvalue weighted by molar-refractivity contribution is -0.130. The molecule has 1 N–H and O–H groups in total. The van der Waals surface area contributed by atoms with E-state index in [0.29, 0.717) is 10.2 Å². The van der Waals surface area contributed by atoms with Crippen LogP contribution in [0.4, 0.5) is 10.1 Å². The number of carbonyl (C=O) groups is 2. The third-order valence-corrected chi connectivity index (χ3v) is 3.09. The zero-order valence-electron chi connectivity index (χ0n) is 7.59. The van der Waals surface area contributed by atoms with Gasteiger partial charge in [0.2, 0.25) is 5.78 Å². The molecule has 0 spiro atoms. The molecule has 1 heterocycles. The fraction of sp³-hybridized carbons (Fsp3) is 0.200. The normalized spacial score (nSPS) is 18.1. The molecule has 0 bridgehead atoms. The summed E-state index contributed by atoms with van der Waals surface area (Å²) < 4.78 is 14.2. The molecule has 1 aromatic rings. The van der Waals surface area contributed by atoms with Gasteiger partial charge in [-0.3, -0.25) is 9.59 Å². The van der Waals surface area contributed by atoms with Gasteiger partial charge in [0.1, 0.15) is 5.82 Å². The summed E-state index contributed by atoms with van der Waals surface area (Å²) in [4.78, 5) is 21.6. The van der Waals surface area contributed by atoms with Gasteiger partial charge in [-0.2, -0.15) is 0 Å². The molecule has 0 radical (unpaired) electrons. The van der Waals surface area contributed by atoms with Gasteiger partial charge in [-0.25, -0.2) is 4.39 Å². The van der Waals surface area contributed by atoms with Crippen molar-refractivity contribution in [2.45, 2.75) is 5.92 Å². The molecule has 0 amide bonds. The van der Waals surface area contributed by atoms with E-state index in [-0.39, 0.29) is 18.4 Å². The van der Waals surface area contributed by atoms with E-state index < -0.39 is 17.5 Å². The van der Waals surface area contributed by atoms with Crippen LogP contribution in [0.25, 0.3) is 0 Å². The number of carbonyl (C=O) groups excluding carboxylic acids is 2. The van der Waals surface area contributed by atoms with Crippen LogP contribution in [0.3, 0.4) is 0 Å². The van der Waals surface area contributed by atoms with Gasteiger partial charge >= 0.3 is 0 Å². The van der Waals surface area contributed by atoms with Crippen molar-refractivity contribution in [3.63, 3.8) is 0 Å². The van der Waals surface area contributed by atoms with Crippen LogP contribution < -0.4 is 5.32 Å². The van der Waals surface area contributed by atoms with Crippen LogP contribution in [0.2, 0.25) is 0 Å². The van der Waals surface area contributed by atoms with Gasteiger partial charge in [-0.15, -0.1) is 0 Å². The molecule has 2 rings (SSSR count). The molecule has 0 fully saturated rings. The molecule has 1 atom stereocenters. The van der Waals surface area contributed by atoms with E-state index in [2.05, 4.69) is 21.2 Å². The molecular weight excluding hydrogens is 265 g/mol. The Morgan fingerprint density at radius 3 is 3.00 bits per heavy atom. The van der Waals surface area contributed by atoms with Gasteiger partial charge in [-0.05, 0) is 28.1 Å². The molecule has 1 unspecified atom stereocenters. The molecule has 78 valence electrons. The number of Topliss-reactive ketones (excluding diaryl/α,β-unsaturated/α-hetero) is 1. The largest absolute Gasteiger partial charge is 0.383 e. The molecule has 0 aliphatic carbocycles. The summed E-state index contributed by atoms with van der Waals surface area (Å²) in [6.45, 7) is 0.270. The molecule has 1 aliphatic heterocycles. The van der Waals surface area contributed by atoms with Crippen molar-refractivity contribution in [2.24, 2.45) is 0 Å². The quantitative estimate of drug-likeness (QED) is 0.660. The minimum atomic E-state index is -0.699. The summed E-state index contributed by atoms with van der Waals surface area (Å²) in [5, 5.41) is 2.91. The average molecular weight is 272 g/mol. The summed E-state index contributed by atoms with van der Waals surface area (Å²) >= 11 is 3.25. The SMILES string of the molecule is O=CC(=O)C1CNc2c(Br)ccc(F)c21. The van der Waals surface area contributed by atoms with Crippen LogP contribution in [0, 0.1) is 5.82 Å². The van der Waals surface area contributed by atoms with Gasteiger partial charge in [0.25, 0.3) is 0 Å². The zero-order valence-corrected chi connectivity index (χ0v) is 9.17. The second-order valence-corrected chi connectivity index (χ2v) is 4.13. The molecule has 1 aliphatic rings. The predicted molar refractivity (Wildman–Crippen MR) is 56.4 cm³/mol. The Balaban J connectivity index is 2.54. The second-order valence-electron chi connectivity index (χ2n) is 3.27. The third-order valence-electron chi connectivity index (χ3n) is 2.43. The van der Waals surface area contributed by atoms with Crippen molar-refractivity contribution in [2.75, 3.05) is 11.9 Å². The van der Waals surface area contributed by atoms with Crippen molar-refractivity contribution in [3.05, 3.63) is 28.0 Å². The monoisotopic (exact) mass is 271 g/mol. The smallest absolute Gasteiger partial charge is 0.204 e. The molecule has 1 aromatic carbocycles. The Labute approximate surface area is 93.8 Å². The van der Waals surface area contributed by atoms with Crippen LogP contribution in [-0.4, -0.2) is 18.6 Å². The van der Waals surface area contributed by atoms with E-state index in [1.807, 2.05) is 0 Å². The second kappa shape index (κ2) is 3.73. The first kappa shape index (κ1) is 10.3. The molecular formula is C10H7BrFNO2. The van der Waals surface area contributed by atoms with Gasteiger partial charge in [0.05, 0.1) is 11.6 Å². The Morgan fingerprint density at radius 2 is 2.33 bits per heavy atom. The number of anilines is 1. The molecule has 15 heavy (non-hydrogen) atoms. The Hall–Kier alpha value is -1.23. The molecule has 0 saturated heterocycles. The van der Waals surface area contributed by atoms with Crippen molar-refractivity contribution in [1.29, 1.82) is 0 Å². The molecule has 3 nitrogen and oxygen atoms in total. The number of halogens is 2. The average Bonchev–Trinajstić information content (AvgIpc) is 2.68. The van der Waals surface area contributed by atoms with Gasteiger partial charge < -0.3 is 5.32 Å². The molecule has 0 saturated carbocycles.